The maximum atomic E-state index is 10.1. The van der Waals surface area contributed by atoms with Crippen LogP contribution in [0.25, 0.3) is 0 Å². The molecule has 1 rings (SSSR count). The fourth-order valence-corrected chi connectivity index (χ4v) is 2.65. The lowest BCUT2D eigenvalue weighted by atomic mass is 9.97. The summed E-state index contributed by atoms with van der Waals surface area (Å²) in [6.45, 7) is 9.66. The first-order valence-electron chi connectivity index (χ1n) is 7.00. The predicted molar refractivity (Wildman–Crippen MR) is 71.5 cm³/mol. The Hall–Kier alpha value is -0.200. The van der Waals surface area contributed by atoms with Crippen molar-refractivity contribution in [3.63, 3.8) is 0 Å². The average Bonchev–Trinajstić information content (AvgIpc) is 2.33. The van der Waals surface area contributed by atoms with Crippen LogP contribution in [0.2, 0.25) is 0 Å². The van der Waals surface area contributed by atoms with Crippen LogP contribution in [0.1, 0.15) is 27.2 Å². The maximum absolute atomic E-state index is 10.1. The van der Waals surface area contributed by atoms with Gasteiger partial charge in [-0.1, -0.05) is 13.8 Å². The van der Waals surface area contributed by atoms with E-state index in [1.807, 2.05) is 0 Å². The van der Waals surface area contributed by atoms with Gasteiger partial charge in [0.1, 0.15) is 0 Å². The normalized spacial score (nSPS) is 31.8. The Labute approximate surface area is 110 Å². The summed E-state index contributed by atoms with van der Waals surface area (Å²) in [4.78, 5) is 4.31. The zero-order chi connectivity index (χ0) is 13.7. The Balaban J connectivity index is 2.59. The van der Waals surface area contributed by atoms with Crippen molar-refractivity contribution in [2.45, 2.75) is 51.5 Å². The van der Waals surface area contributed by atoms with Gasteiger partial charge in [0.15, 0.2) is 0 Å². The van der Waals surface area contributed by atoms with Gasteiger partial charge in [-0.15, -0.1) is 0 Å². The van der Waals surface area contributed by atoms with Crippen molar-refractivity contribution in [1.29, 1.82) is 0 Å². The summed E-state index contributed by atoms with van der Waals surface area (Å²) in [5.74, 6) is 0. The SMILES string of the molecule is CCN(CC)[C@H]1CN(CC[C@@H](C)O)C[C@@H](O)[C@@H]1O. The molecule has 5 nitrogen and oxygen atoms in total. The molecule has 0 aliphatic carbocycles. The molecular formula is C13H28N2O3. The minimum atomic E-state index is -0.696. The highest BCUT2D eigenvalue weighted by Gasteiger charge is 2.36. The molecule has 1 heterocycles. The third-order valence-electron chi connectivity index (χ3n) is 3.82. The lowest BCUT2D eigenvalue weighted by molar-refractivity contribution is -0.0898. The van der Waals surface area contributed by atoms with Gasteiger partial charge in [-0.3, -0.25) is 9.80 Å². The lowest BCUT2D eigenvalue weighted by Crippen LogP contribution is -2.61. The summed E-state index contributed by atoms with van der Waals surface area (Å²) in [6, 6.07) is -0.0160. The minimum absolute atomic E-state index is 0.0160. The minimum Gasteiger partial charge on any atom is -0.393 e. The van der Waals surface area contributed by atoms with E-state index in [1.165, 1.54) is 0 Å². The predicted octanol–water partition coefficient (Wildman–Crippen LogP) is -0.495. The van der Waals surface area contributed by atoms with Crippen LogP contribution in [0.4, 0.5) is 0 Å². The Kier molecular flexibility index (Phi) is 6.52. The van der Waals surface area contributed by atoms with Crippen molar-refractivity contribution in [2.75, 3.05) is 32.7 Å². The molecule has 0 aromatic rings. The first-order chi connectivity index (χ1) is 8.49. The fraction of sp³-hybridized carbons (Fsp3) is 1.00. The Bertz CT molecular complexity index is 232. The Morgan fingerprint density at radius 1 is 1.22 bits per heavy atom. The first kappa shape index (κ1) is 15.9. The molecule has 1 fully saturated rings. The number of aliphatic hydroxyl groups excluding tert-OH is 3. The molecule has 3 N–H and O–H groups in total. The molecule has 0 bridgehead atoms. The molecule has 18 heavy (non-hydrogen) atoms. The fourth-order valence-electron chi connectivity index (χ4n) is 2.65. The quantitative estimate of drug-likeness (QED) is 0.601. The number of likely N-dealkylation sites (tertiary alicyclic amines) is 1. The molecule has 0 unspecified atom stereocenters. The van der Waals surface area contributed by atoms with E-state index in [9.17, 15) is 15.3 Å². The number of piperidine rings is 1. The molecule has 0 saturated carbocycles. The van der Waals surface area contributed by atoms with Crippen molar-refractivity contribution < 1.29 is 15.3 Å². The van der Waals surface area contributed by atoms with Gasteiger partial charge in [-0.25, -0.2) is 0 Å². The zero-order valence-corrected chi connectivity index (χ0v) is 11.8. The molecule has 1 saturated heterocycles. The van der Waals surface area contributed by atoms with Crippen molar-refractivity contribution in [3.8, 4) is 0 Å². The molecule has 4 atom stereocenters. The van der Waals surface area contributed by atoms with Gasteiger partial charge < -0.3 is 15.3 Å². The smallest absolute Gasteiger partial charge is 0.0978 e. The molecule has 0 amide bonds. The van der Waals surface area contributed by atoms with Crippen LogP contribution < -0.4 is 0 Å². The molecular weight excluding hydrogens is 232 g/mol. The third-order valence-corrected chi connectivity index (χ3v) is 3.82. The summed E-state index contributed by atoms with van der Waals surface area (Å²) in [5.41, 5.74) is 0. The zero-order valence-electron chi connectivity index (χ0n) is 11.8. The second-order valence-electron chi connectivity index (χ2n) is 5.24. The molecule has 0 aromatic heterocycles. The van der Waals surface area contributed by atoms with Crippen molar-refractivity contribution in [3.05, 3.63) is 0 Å². The first-order valence-corrected chi connectivity index (χ1v) is 7.00. The number of hydrogen-bond acceptors (Lipinski definition) is 5. The van der Waals surface area contributed by atoms with Crippen molar-refractivity contribution >= 4 is 0 Å². The topological polar surface area (TPSA) is 67.2 Å². The highest BCUT2D eigenvalue weighted by Crippen LogP contribution is 2.17. The molecule has 0 aromatic carbocycles. The standard InChI is InChI=1S/C13H28N2O3/c1-4-15(5-2)11-8-14(7-6-10(3)16)9-12(17)13(11)18/h10-13,16-18H,4-9H2,1-3H3/t10-,11+,12-,13-/m1/s1. The van der Waals surface area contributed by atoms with E-state index in [1.54, 1.807) is 6.92 Å². The molecule has 0 spiro atoms. The second-order valence-corrected chi connectivity index (χ2v) is 5.24. The number of aliphatic hydroxyl groups is 3. The monoisotopic (exact) mass is 260 g/mol. The molecule has 5 heteroatoms. The van der Waals surface area contributed by atoms with Gasteiger partial charge in [-0.2, -0.15) is 0 Å². The van der Waals surface area contributed by atoms with Crippen LogP contribution in [0.3, 0.4) is 0 Å². The Morgan fingerprint density at radius 2 is 1.83 bits per heavy atom. The van der Waals surface area contributed by atoms with E-state index in [0.29, 0.717) is 13.0 Å². The van der Waals surface area contributed by atoms with Gasteiger partial charge in [0.2, 0.25) is 0 Å². The largest absolute Gasteiger partial charge is 0.393 e. The third kappa shape index (κ3) is 4.17. The van der Waals surface area contributed by atoms with Gasteiger partial charge in [0.05, 0.1) is 24.4 Å². The van der Waals surface area contributed by atoms with Crippen LogP contribution >= 0.6 is 0 Å². The van der Waals surface area contributed by atoms with Crippen molar-refractivity contribution in [1.82, 2.24) is 9.80 Å². The van der Waals surface area contributed by atoms with E-state index < -0.39 is 12.2 Å². The average molecular weight is 260 g/mol. The summed E-state index contributed by atoms with van der Waals surface area (Å²) in [5, 5.41) is 29.4. The second kappa shape index (κ2) is 7.40. The lowest BCUT2D eigenvalue weighted by Gasteiger charge is -2.44. The number of β-amino-alcohol motifs (C(OH)–C–C–N with tert-alkyl or cyclic N) is 1. The van der Waals surface area contributed by atoms with Gasteiger partial charge in [0, 0.05) is 19.6 Å². The van der Waals surface area contributed by atoms with E-state index in [2.05, 4.69) is 23.6 Å². The van der Waals surface area contributed by atoms with E-state index in [4.69, 9.17) is 0 Å². The molecule has 108 valence electrons. The Morgan fingerprint density at radius 3 is 2.33 bits per heavy atom. The van der Waals surface area contributed by atoms with E-state index in [0.717, 1.165) is 26.2 Å². The summed E-state index contributed by atoms with van der Waals surface area (Å²) < 4.78 is 0. The summed E-state index contributed by atoms with van der Waals surface area (Å²) >= 11 is 0. The van der Waals surface area contributed by atoms with Gasteiger partial charge in [0.25, 0.3) is 0 Å². The van der Waals surface area contributed by atoms with E-state index in [-0.39, 0.29) is 12.1 Å². The van der Waals surface area contributed by atoms with Crippen LogP contribution in [0, 0.1) is 0 Å². The number of rotatable bonds is 6. The van der Waals surface area contributed by atoms with Gasteiger partial charge >= 0.3 is 0 Å². The highest BCUT2D eigenvalue weighted by atomic mass is 16.3. The number of likely N-dealkylation sites (N-methyl/N-ethyl adjacent to an activating group) is 1. The molecule has 0 radical (unpaired) electrons. The van der Waals surface area contributed by atoms with Crippen molar-refractivity contribution in [2.24, 2.45) is 0 Å². The van der Waals surface area contributed by atoms with Crippen LogP contribution in [0.15, 0.2) is 0 Å². The highest BCUT2D eigenvalue weighted by molar-refractivity contribution is 4.92. The van der Waals surface area contributed by atoms with Crippen LogP contribution in [-0.4, -0.2) is 82.2 Å². The van der Waals surface area contributed by atoms with Gasteiger partial charge in [-0.05, 0) is 26.4 Å². The summed E-state index contributed by atoms with van der Waals surface area (Å²) in [6.07, 6.45) is -0.986. The maximum Gasteiger partial charge on any atom is 0.0978 e. The van der Waals surface area contributed by atoms with Crippen LogP contribution in [-0.2, 0) is 0 Å². The summed E-state index contributed by atoms with van der Waals surface area (Å²) in [7, 11) is 0. The van der Waals surface area contributed by atoms with E-state index >= 15 is 0 Å². The van der Waals surface area contributed by atoms with Crippen LogP contribution in [0.5, 0.6) is 0 Å². The number of hydrogen-bond donors (Lipinski definition) is 3. The molecule has 1 aliphatic heterocycles. The molecule has 1 aliphatic rings. The number of nitrogens with zero attached hydrogens (tertiary/aromatic N) is 2.